The number of hydrogen-bond donors (Lipinski definition) is 2. The number of nitrogens with zero attached hydrogens (tertiary/aromatic N) is 5. The molecule has 0 saturated carbocycles. The largest absolute Gasteiger partial charge is 0.497 e. The number of thiophene rings is 2. The molecule has 13 aromatic rings. The topological polar surface area (TPSA) is 248 Å². The summed E-state index contributed by atoms with van der Waals surface area (Å²) in [5.41, 5.74) is 19.3. The Balaban J connectivity index is 0.000000161. The van der Waals surface area contributed by atoms with Gasteiger partial charge in [0.25, 0.3) is 0 Å². The van der Waals surface area contributed by atoms with Gasteiger partial charge in [-0.05, 0) is 225 Å². The summed E-state index contributed by atoms with van der Waals surface area (Å²) in [5, 5.41) is 14.0. The van der Waals surface area contributed by atoms with Crippen LogP contribution < -0.4 is 39.1 Å². The number of methoxy groups -OCH3 is 6. The number of rotatable bonds is 26. The number of morpholine rings is 1. The van der Waals surface area contributed by atoms with Gasteiger partial charge in [-0.2, -0.15) is 11.3 Å². The maximum absolute atomic E-state index is 12.1. The van der Waals surface area contributed by atoms with E-state index in [1.54, 1.807) is 99.6 Å². The molecule has 2 N–H and O–H groups in total. The van der Waals surface area contributed by atoms with Crippen LogP contribution in [0.1, 0.15) is 114 Å². The number of hydrogen-bond acceptors (Lipinski definition) is 18. The number of anilines is 1. The van der Waals surface area contributed by atoms with Crippen LogP contribution in [-0.4, -0.2) is 155 Å². The number of aromatic nitrogens is 4. The number of aryl methyl sites for hydroxylation is 1. The van der Waals surface area contributed by atoms with Crippen molar-refractivity contribution in [2.45, 2.75) is 60.3 Å². The quantitative estimate of drug-likeness (QED) is 0.0478. The highest BCUT2D eigenvalue weighted by Gasteiger charge is 2.20. The van der Waals surface area contributed by atoms with Gasteiger partial charge < -0.3 is 62.1 Å². The average molecular weight is 1620 g/mol. The zero-order chi connectivity index (χ0) is 84.1. The third-order valence-corrected chi connectivity index (χ3v) is 21.9. The Morgan fingerprint density at radius 1 is 0.487 bits per heavy atom. The minimum absolute atomic E-state index is 0.0505. The van der Waals surface area contributed by atoms with Gasteiger partial charge in [-0.3, -0.25) is 43.3 Å². The van der Waals surface area contributed by atoms with E-state index in [0.29, 0.717) is 88.9 Å². The van der Waals surface area contributed by atoms with E-state index in [9.17, 15) is 38.4 Å². The van der Waals surface area contributed by atoms with E-state index in [2.05, 4.69) is 55.9 Å². The van der Waals surface area contributed by atoms with Crippen LogP contribution in [-0.2, 0) is 41.3 Å². The lowest BCUT2D eigenvalue weighted by Gasteiger charge is -2.26. The molecule has 0 unspecified atom stereocenters. The van der Waals surface area contributed by atoms with Crippen molar-refractivity contribution in [3.63, 3.8) is 0 Å². The van der Waals surface area contributed by atoms with Crippen molar-refractivity contribution < 1.29 is 71.5 Å². The summed E-state index contributed by atoms with van der Waals surface area (Å²) in [7, 11) is 13.3. The van der Waals surface area contributed by atoms with Crippen molar-refractivity contribution in [2.24, 2.45) is 14.1 Å². The van der Waals surface area contributed by atoms with Crippen molar-refractivity contribution in [1.29, 1.82) is 0 Å². The molecule has 0 bridgehead atoms. The lowest BCUT2D eigenvalue weighted by Crippen LogP contribution is -2.41. The Morgan fingerprint density at radius 2 is 0.966 bits per heavy atom. The molecular formula is C93H99N7O15S2. The summed E-state index contributed by atoms with van der Waals surface area (Å²) in [6.45, 7) is 14.9. The average Bonchev–Trinajstić information content (AvgIpc) is 1.76. The van der Waals surface area contributed by atoms with Crippen molar-refractivity contribution in [3.8, 4) is 67.4 Å². The van der Waals surface area contributed by atoms with Crippen LogP contribution in [0.15, 0.2) is 192 Å². The highest BCUT2D eigenvalue weighted by Crippen LogP contribution is 2.39. The van der Waals surface area contributed by atoms with Crippen molar-refractivity contribution in [1.82, 2.24) is 28.5 Å². The third-order valence-electron chi connectivity index (χ3n) is 20.3. The summed E-state index contributed by atoms with van der Waals surface area (Å²) in [6.07, 6.45) is 11.2. The first-order chi connectivity index (χ1) is 56.7. The van der Waals surface area contributed by atoms with E-state index >= 15 is 0 Å². The van der Waals surface area contributed by atoms with Gasteiger partial charge >= 0.3 is 0 Å². The smallest absolute Gasteiger partial charge is 0.224 e. The molecular weight excluding hydrogens is 1520 g/mol. The Morgan fingerprint density at radius 3 is 1.40 bits per heavy atom. The number of ether oxygens (including phenoxy) is 7. The molecule has 22 nitrogen and oxygen atoms in total. The monoisotopic (exact) mass is 1620 g/mol. The molecule has 7 aromatic carbocycles. The number of benzene rings is 7. The van der Waals surface area contributed by atoms with Gasteiger partial charge in [0, 0.05) is 144 Å². The second-order valence-corrected chi connectivity index (χ2v) is 28.9. The second kappa shape index (κ2) is 43.7. The molecule has 1 saturated heterocycles. The molecule has 0 radical (unpaired) electrons. The molecule has 24 heteroatoms. The summed E-state index contributed by atoms with van der Waals surface area (Å²) < 4.78 is 44.5. The zero-order valence-corrected chi connectivity index (χ0v) is 69.8. The Labute approximate surface area is 690 Å². The van der Waals surface area contributed by atoms with E-state index < -0.39 is 0 Å². The van der Waals surface area contributed by atoms with E-state index in [4.69, 9.17) is 33.2 Å². The molecule has 1 aliphatic rings. The van der Waals surface area contributed by atoms with Gasteiger partial charge in [-0.1, -0.05) is 23.8 Å². The predicted octanol–water partition coefficient (Wildman–Crippen LogP) is 17.6. The van der Waals surface area contributed by atoms with Gasteiger partial charge in [-0.15, -0.1) is 11.3 Å². The lowest BCUT2D eigenvalue weighted by molar-refractivity contribution is -0.121. The first kappa shape index (κ1) is 88.2. The molecule has 0 aliphatic carbocycles. The first-order valence-electron chi connectivity index (χ1n) is 37.7. The summed E-state index contributed by atoms with van der Waals surface area (Å²) in [4.78, 5) is 93.3. The fraction of sp³-hybridized carbons (Fsp3) is 0.247. The fourth-order valence-electron chi connectivity index (χ4n) is 13.5. The Hall–Kier alpha value is -12.7. The maximum Gasteiger partial charge on any atom is 0.224 e. The van der Waals surface area contributed by atoms with Crippen LogP contribution >= 0.6 is 22.7 Å². The molecule has 2 amide bonds. The second-order valence-electron chi connectivity index (χ2n) is 27.2. The van der Waals surface area contributed by atoms with E-state index in [1.165, 1.54) is 19.8 Å². The highest BCUT2D eigenvalue weighted by molar-refractivity contribution is 7.13. The number of carbonyl (C=O) groups is 8. The van der Waals surface area contributed by atoms with Crippen LogP contribution in [0.3, 0.4) is 0 Å². The molecule has 117 heavy (non-hydrogen) atoms. The van der Waals surface area contributed by atoms with Gasteiger partial charge in [0.05, 0.1) is 89.4 Å². The third kappa shape index (κ3) is 22.8. The van der Waals surface area contributed by atoms with Crippen molar-refractivity contribution >= 4 is 99.7 Å². The first-order valence-corrected chi connectivity index (χ1v) is 39.6. The fourth-order valence-corrected chi connectivity index (χ4v) is 14.9. The zero-order valence-electron chi connectivity index (χ0n) is 68.2. The lowest BCUT2D eigenvalue weighted by atomic mass is 10.0. The van der Waals surface area contributed by atoms with Gasteiger partial charge in [0.15, 0.2) is 25.1 Å². The Kier molecular flexibility index (Phi) is 32.9. The molecule has 0 spiro atoms. The number of nitrogens with one attached hydrogen (secondary N) is 2. The molecule has 7 heterocycles. The Bertz CT molecular complexity index is 5400. The minimum atomic E-state index is -0.0505. The summed E-state index contributed by atoms with van der Waals surface area (Å²) >= 11 is 3.20. The van der Waals surface area contributed by atoms with Crippen LogP contribution in [0.5, 0.6) is 34.5 Å². The van der Waals surface area contributed by atoms with E-state index in [1.807, 2.05) is 170 Å². The highest BCUT2D eigenvalue weighted by atomic mass is 32.1. The van der Waals surface area contributed by atoms with Crippen LogP contribution in [0.2, 0.25) is 0 Å². The summed E-state index contributed by atoms with van der Waals surface area (Å²) in [5.74, 6) is 4.05. The van der Waals surface area contributed by atoms with Crippen molar-refractivity contribution in [3.05, 3.63) is 265 Å². The summed E-state index contributed by atoms with van der Waals surface area (Å²) in [6, 6.07) is 51.9. The molecule has 14 rings (SSSR count). The molecule has 608 valence electrons. The molecule has 1 aliphatic heterocycles. The number of aldehydes is 6. The predicted molar refractivity (Wildman–Crippen MR) is 464 cm³/mol. The number of amides is 2. The standard InChI is InChI=1S/C18H22N2O3.C17H27N3O3.C16H13NO2.C16H13NO.2C13H12O3S/c1-12-16(13(2)20(3)17(12)11-21)9-10-18(22)19-14-5-7-15(23-4)8-6-14;1-13-15(14(2)19(3)16(13)12-21)4-5-17(22)18-6-7-20-8-10-23-11-9-20;1-19-15-5-3-14(4-6-15)17-9-8-13-10-12(11-18)2-7-16(13)17;1-12-2-5-15(6-3-12)17-9-8-14-10-13(11-18)4-7-16(14)17;1-15-12-6-13(16-2)11(5-10(12)7-14)9-3-4-17-8-9;1-15-11-7-12(16-2)10(6-9(11)8-14)13-4-3-5-17-13/h5-8,11H,9-10H2,1-4H3,(H,19,22);12H,4-11H2,1-3H3,(H,18,22);2-11H,1H3;2-11H,1H3;2*3-8H,1-2H3. The van der Waals surface area contributed by atoms with Crippen LogP contribution in [0.25, 0.3) is 54.7 Å². The van der Waals surface area contributed by atoms with Crippen molar-refractivity contribution in [2.75, 3.05) is 87.4 Å². The minimum Gasteiger partial charge on any atom is -0.497 e. The normalized spacial score (nSPS) is 11.4. The van der Waals surface area contributed by atoms with Gasteiger partial charge in [0.2, 0.25) is 11.8 Å². The van der Waals surface area contributed by atoms with Crippen LogP contribution in [0, 0.1) is 34.6 Å². The van der Waals surface area contributed by atoms with E-state index in [0.717, 1.165) is 176 Å². The molecule has 6 aromatic heterocycles. The van der Waals surface area contributed by atoms with Crippen LogP contribution in [0.4, 0.5) is 5.69 Å². The van der Waals surface area contributed by atoms with E-state index in [-0.39, 0.29) is 11.8 Å². The molecule has 1 fully saturated rings. The van der Waals surface area contributed by atoms with Gasteiger partial charge in [0.1, 0.15) is 47.1 Å². The molecule has 0 atom stereocenters. The maximum atomic E-state index is 12.1. The SMILES string of the molecule is COc1cc(OC)c(-c2cccs2)cc1C=O.COc1cc(OC)c(-c2ccsc2)cc1C=O.COc1ccc(-n2ccc3cc(C=O)ccc32)cc1.COc1ccc(NC(=O)CCc2c(C)c(C=O)n(C)c2C)cc1.Cc1c(CCC(=O)NCCN2CCOCC2)c(C)n(C)c1C=O.Cc1ccc(-n2ccc3cc(C=O)ccc32)cc1. The number of carbonyl (C=O) groups excluding carboxylic acids is 8. The van der Waals surface area contributed by atoms with Gasteiger partial charge in [-0.25, -0.2) is 0 Å². The number of fused-ring (bicyclic) bond motifs is 2.